The lowest BCUT2D eigenvalue weighted by molar-refractivity contribution is -0.115. The molecule has 0 bridgehead atoms. The van der Waals surface area contributed by atoms with E-state index in [0.717, 1.165) is 38.5 Å². The molecular formula is C11H19ClN4O2S. The summed E-state index contributed by atoms with van der Waals surface area (Å²) in [7, 11) is 1.74. The van der Waals surface area contributed by atoms with E-state index in [0.29, 0.717) is 11.7 Å². The van der Waals surface area contributed by atoms with E-state index in [1.54, 1.807) is 7.05 Å². The lowest BCUT2D eigenvalue weighted by Gasteiger charge is -2.25. The zero-order valence-corrected chi connectivity index (χ0v) is 12.5. The van der Waals surface area contributed by atoms with Crippen LogP contribution in [0.5, 0.6) is 0 Å². The Morgan fingerprint density at radius 1 is 1.53 bits per heavy atom. The van der Waals surface area contributed by atoms with Gasteiger partial charge in [-0.2, -0.15) is 0 Å². The van der Waals surface area contributed by atoms with Crippen molar-refractivity contribution in [3.8, 4) is 0 Å². The Bertz CT molecular complexity index is 396. The number of amides is 1. The number of ether oxygens (including phenoxy) is 1. The van der Waals surface area contributed by atoms with Crippen LogP contribution >= 0.6 is 23.7 Å². The maximum atomic E-state index is 11.4. The predicted molar refractivity (Wildman–Crippen MR) is 78.0 cm³/mol. The second kappa shape index (κ2) is 8.44. The summed E-state index contributed by atoms with van der Waals surface area (Å²) >= 11 is 1.46. The van der Waals surface area contributed by atoms with Crippen molar-refractivity contribution >= 4 is 34.8 Å². The molecule has 0 saturated carbocycles. The van der Waals surface area contributed by atoms with Crippen LogP contribution < -0.4 is 10.6 Å². The minimum atomic E-state index is -0.0650. The summed E-state index contributed by atoms with van der Waals surface area (Å²) < 4.78 is 5.30. The van der Waals surface area contributed by atoms with Gasteiger partial charge in [0.15, 0.2) is 5.13 Å². The molecule has 1 aliphatic rings. The number of carbonyl (C=O) groups excluding carboxylic acids is 1. The Morgan fingerprint density at radius 3 is 2.95 bits per heavy atom. The number of thiazole rings is 1. The van der Waals surface area contributed by atoms with Gasteiger partial charge >= 0.3 is 0 Å². The molecule has 1 aliphatic heterocycles. The number of nitrogens with zero attached hydrogens (tertiary/aromatic N) is 2. The van der Waals surface area contributed by atoms with Crippen molar-refractivity contribution < 1.29 is 9.53 Å². The highest BCUT2D eigenvalue weighted by atomic mass is 35.5. The van der Waals surface area contributed by atoms with Crippen LogP contribution in [0.1, 0.15) is 5.69 Å². The van der Waals surface area contributed by atoms with Crippen LogP contribution in [0.4, 0.5) is 5.13 Å². The normalized spacial score (nSPS) is 15.8. The molecule has 0 unspecified atom stereocenters. The molecule has 1 aromatic rings. The molecule has 1 aromatic heterocycles. The van der Waals surface area contributed by atoms with E-state index in [1.807, 2.05) is 5.38 Å². The second-order valence-electron chi connectivity index (χ2n) is 4.11. The van der Waals surface area contributed by atoms with E-state index in [9.17, 15) is 4.79 Å². The van der Waals surface area contributed by atoms with Gasteiger partial charge in [-0.15, -0.1) is 23.7 Å². The van der Waals surface area contributed by atoms with Gasteiger partial charge < -0.3 is 15.4 Å². The van der Waals surface area contributed by atoms with E-state index >= 15 is 0 Å². The Morgan fingerprint density at radius 2 is 2.26 bits per heavy atom. The first kappa shape index (κ1) is 16.3. The highest BCUT2D eigenvalue weighted by Gasteiger charge is 2.13. The fourth-order valence-corrected chi connectivity index (χ4v) is 2.47. The van der Waals surface area contributed by atoms with Gasteiger partial charge in [-0.3, -0.25) is 9.69 Å². The van der Waals surface area contributed by atoms with E-state index in [-0.39, 0.29) is 18.3 Å². The number of nitrogens with one attached hydrogen (secondary N) is 2. The van der Waals surface area contributed by atoms with Crippen LogP contribution in [0.2, 0.25) is 0 Å². The van der Waals surface area contributed by atoms with Crippen LogP contribution in [-0.4, -0.2) is 55.7 Å². The van der Waals surface area contributed by atoms with E-state index in [2.05, 4.69) is 20.5 Å². The Labute approximate surface area is 122 Å². The molecule has 0 radical (unpaired) electrons. The van der Waals surface area contributed by atoms with Crippen molar-refractivity contribution in [1.82, 2.24) is 15.2 Å². The van der Waals surface area contributed by atoms with Crippen molar-refractivity contribution in [2.75, 3.05) is 45.2 Å². The van der Waals surface area contributed by atoms with Crippen LogP contribution in [0.25, 0.3) is 0 Å². The number of anilines is 1. The molecule has 0 atom stereocenters. The molecule has 6 nitrogen and oxygen atoms in total. The van der Waals surface area contributed by atoms with Crippen molar-refractivity contribution in [1.29, 1.82) is 0 Å². The van der Waals surface area contributed by atoms with Crippen LogP contribution in [0.3, 0.4) is 0 Å². The SMILES string of the molecule is CNCC(=O)Nc1nc(CN2CCOCC2)cs1.Cl. The number of halogens is 1. The van der Waals surface area contributed by atoms with E-state index in [1.165, 1.54) is 11.3 Å². The third-order valence-corrected chi connectivity index (χ3v) is 3.43. The highest BCUT2D eigenvalue weighted by Crippen LogP contribution is 2.17. The molecular weight excluding hydrogens is 288 g/mol. The standard InChI is InChI=1S/C11H18N4O2S.ClH/c1-12-6-10(16)14-11-13-9(8-18-11)7-15-2-4-17-5-3-15;/h8,12H,2-7H2,1H3,(H,13,14,16);1H. The fourth-order valence-electron chi connectivity index (χ4n) is 1.75. The van der Waals surface area contributed by atoms with Gasteiger partial charge in [0.05, 0.1) is 25.5 Å². The summed E-state index contributed by atoms with van der Waals surface area (Å²) in [5.41, 5.74) is 1.00. The maximum absolute atomic E-state index is 11.4. The average molecular weight is 307 g/mol. The first-order valence-corrected chi connectivity index (χ1v) is 6.85. The minimum absolute atomic E-state index is 0. The summed E-state index contributed by atoms with van der Waals surface area (Å²) in [5, 5.41) is 8.22. The van der Waals surface area contributed by atoms with Crippen LogP contribution in [0.15, 0.2) is 5.38 Å². The predicted octanol–water partition coefficient (Wildman–Crippen LogP) is 0.555. The first-order chi connectivity index (χ1) is 8.78. The molecule has 0 spiro atoms. The van der Waals surface area contributed by atoms with Crippen molar-refractivity contribution in [3.63, 3.8) is 0 Å². The van der Waals surface area contributed by atoms with E-state index < -0.39 is 0 Å². The summed E-state index contributed by atoms with van der Waals surface area (Å²) in [4.78, 5) is 18.1. The topological polar surface area (TPSA) is 66.5 Å². The van der Waals surface area contributed by atoms with Gasteiger partial charge in [-0.05, 0) is 7.05 Å². The molecule has 0 aromatic carbocycles. The first-order valence-electron chi connectivity index (χ1n) is 5.97. The van der Waals surface area contributed by atoms with Crippen molar-refractivity contribution in [2.24, 2.45) is 0 Å². The quantitative estimate of drug-likeness (QED) is 0.832. The number of rotatable bonds is 5. The zero-order valence-electron chi connectivity index (χ0n) is 10.8. The smallest absolute Gasteiger partial charge is 0.240 e. The third-order valence-electron chi connectivity index (χ3n) is 2.62. The summed E-state index contributed by atoms with van der Waals surface area (Å²) in [6, 6.07) is 0. The molecule has 2 N–H and O–H groups in total. The summed E-state index contributed by atoms with van der Waals surface area (Å²) in [5.74, 6) is -0.0650. The summed E-state index contributed by atoms with van der Waals surface area (Å²) in [6.45, 7) is 4.59. The number of likely N-dealkylation sites (N-methyl/N-ethyl adjacent to an activating group) is 1. The fraction of sp³-hybridized carbons (Fsp3) is 0.636. The zero-order chi connectivity index (χ0) is 12.8. The Hall–Kier alpha value is -0.730. The van der Waals surface area contributed by atoms with Gasteiger partial charge in [0, 0.05) is 25.0 Å². The average Bonchev–Trinajstić information content (AvgIpc) is 2.78. The number of carbonyl (C=O) groups is 1. The van der Waals surface area contributed by atoms with Gasteiger partial charge in [0.25, 0.3) is 0 Å². The monoisotopic (exact) mass is 306 g/mol. The molecule has 0 aliphatic carbocycles. The van der Waals surface area contributed by atoms with Crippen molar-refractivity contribution in [2.45, 2.75) is 6.54 Å². The van der Waals surface area contributed by atoms with E-state index in [4.69, 9.17) is 4.74 Å². The van der Waals surface area contributed by atoms with Gasteiger partial charge in [-0.25, -0.2) is 4.98 Å². The second-order valence-corrected chi connectivity index (χ2v) is 4.97. The lowest BCUT2D eigenvalue weighted by atomic mass is 10.4. The molecule has 19 heavy (non-hydrogen) atoms. The molecule has 108 valence electrons. The van der Waals surface area contributed by atoms with Crippen LogP contribution in [0, 0.1) is 0 Å². The van der Waals surface area contributed by atoms with Gasteiger partial charge in [0.2, 0.25) is 5.91 Å². The number of aromatic nitrogens is 1. The molecule has 8 heteroatoms. The summed E-state index contributed by atoms with van der Waals surface area (Å²) in [6.07, 6.45) is 0. The molecule has 2 heterocycles. The number of hydrogen-bond acceptors (Lipinski definition) is 6. The molecule has 1 saturated heterocycles. The minimum Gasteiger partial charge on any atom is -0.379 e. The maximum Gasteiger partial charge on any atom is 0.240 e. The third kappa shape index (κ3) is 5.42. The highest BCUT2D eigenvalue weighted by molar-refractivity contribution is 7.13. The molecule has 1 fully saturated rings. The lowest BCUT2D eigenvalue weighted by Crippen LogP contribution is -2.35. The largest absolute Gasteiger partial charge is 0.379 e. The van der Waals surface area contributed by atoms with Gasteiger partial charge in [-0.1, -0.05) is 0 Å². The molecule has 2 rings (SSSR count). The van der Waals surface area contributed by atoms with Crippen LogP contribution in [-0.2, 0) is 16.1 Å². The molecule has 1 amide bonds. The Kier molecular flexibility index (Phi) is 7.25. The van der Waals surface area contributed by atoms with Crippen molar-refractivity contribution in [3.05, 3.63) is 11.1 Å². The number of morpholine rings is 1. The number of hydrogen-bond donors (Lipinski definition) is 2. The Balaban J connectivity index is 0.00000180. The van der Waals surface area contributed by atoms with Gasteiger partial charge in [0.1, 0.15) is 0 Å².